The van der Waals surface area contributed by atoms with Gasteiger partial charge < -0.3 is 10.5 Å². The second kappa shape index (κ2) is 7.06. The Morgan fingerprint density at radius 2 is 1.90 bits per heavy atom. The first kappa shape index (κ1) is 14.5. The highest BCUT2D eigenvalue weighted by Crippen LogP contribution is 2.24. The van der Waals surface area contributed by atoms with E-state index in [0.717, 1.165) is 36.3 Å². The van der Waals surface area contributed by atoms with Crippen LogP contribution < -0.4 is 10.5 Å². The monoisotopic (exact) mass is 270 g/mol. The predicted octanol–water partition coefficient (Wildman–Crippen LogP) is 3.48. The highest BCUT2D eigenvalue weighted by molar-refractivity contribution is 5.37. The van der Waals surface area contributed by atoms with E-state index in [2.05, 4.69) is 18.8 Å². The second-order valence-electron chi connectivity index (χ2n) is 4.82. The van der Waals surface area contributed by atoms with E-state index in [0.29, 0.717) is 0 Å². The molecule has 2 rings (SSSR count). The summed E-state index contributed by atoms with van der Waals surface area (Å²) in [7, 11) is 0. The van der Waals surface area contributed by atoms with Crippen molar-refractivity contribution in [2.75, 3.05) is 6.61 Å². The summed E-state index contributed by atoms with van der Waals surface area (Å²) in [6.07, 6.45) is 5.65. The molecule has 1 atom stereocenters. The van der Waals surface area contributed by atoms with Gasteiger partial charge in [0, 0.05) is 12.4 Å². The average Bonchev–Trinajstić information content (AvgIpc) is 2.52. The molecule has 1 heterocycles. The molecule has 1 unspecified atom stereocenters. The number of aromatic nitrogens is 1. The molecule has 2 N–H and O–H groups in total. The molecule has 3 nitrogen and oxygen atoms in total. The Morgan fingerprint density at radius 1 is 1.15 bits per heavy atom. The quantitative estimate of drug-likeness (QED) is 0.874. The highest BCUT2D eigenvalue weighted by atomic mass is 16.5. The minimum atomic E-state index is -0.117. The first-order valence-corrected chi connectivity index (χ1v) is 7.17. The Morgan fingerprint density at radius 3 is 2.55 bits per heavy atom. The van der Waals surface area contributed by atoms with E-state index in [1.165, 1.54) is 5.56 Å². The summed E-state index contributed by atoms with van der Waals surface area (Å²) in [6, 6.07) is 9.93. The Hall–Kier alpha value is -1.87. The number of aryl methyl sites for hydroxylation is 1. The van der Waals surface area contributed by atoms with E-state index in [9.17, 15) is 0 Å². The minimum Gasteiger partial charge on any atom is -0.494 e. The fourth-order valence-electron chi connectivity index (χ4n) is 2.21. The fraction of sp³-hybridized carbons (Fsp3) is 0.353. The molecule has 0 spiro atoms. The van der Waals surface area contributed by atoms with Crippen LogP contribution in [0, 0.1) is 0 Å². The minimum absolute atomic E-state index is 0.117. The lowest BCUT2D eigenvalue weighted by Gasteiger charge is -2.16. The molecule has 1 aromatic carbocycles. The molecule has 2 aromatic rings. The largest absolute Gasteiger partial charge is 0.494 e. The Labute approximate surface area is 120 Å². The summed E-state index contributed by atoms with van der Waals surface area (Å²) in [5.74, 6) is 0.897. The molecule has 0 amide bonds. The topological polar surface area (TPSA) is 48.1 Å². The maximum atomic E-state index is 6.37. The van der Waals surface area contributed by atoms with Crippen molar-refractivity contribution in [3.05, 3.63) is 59.4 Å². The molecule has 1 aromatic heterocycles. The van der Waals surface area contributed by atoms with Gasteiger partial charge in [0.05, 0.1) is 12.6 Å². The number of pyridine rings is 1. The standard InChI is InChI=1S/C17H22N2O/c1-3-11-20-15-7-5-14(6-8-15)17(18)16-9-10-19-12-13(16)4-2/h5-10,12,17H,3-4,11,18H2,1-2H3. The number of ether oxygens (including phenoxy) is 1. The summed E-state index contributed by atoms with van der Waals surface area (Å²) in [4.78, 5) is 4.16. The first-order valence-electron chi connectivity index (χ1n) is 7.17. The molecule has 0 saturated heterocycles. The van der Waals surface area contributed by atoms with E-state index in [4.69, 9.17) is 10.5 Å². The van der Waals surface area contributed by atoms with Gasteiger partial charge >= 0.3 is 0 Å². The number of nitrogens with zero attached hydrogens (tertiary/aromatic N) is 1. The molecule has 0 aliphatic rings. The summed E-state index contributed by atoms with van der Waals surface area (Å²) in [5.41, 5.74) is 9.81. The lowest BCUT2D eigenvalue weighted by Crippen LogP contribution is -2.14. The van der Waals surface area contributed by atoms with Crippen molar-refractivity contribution in [1.82, 2.24) is 4.98 Å². The third kappa shape index (κ3) is 3.36. The van der Waals surface area contributed by atoms with Crippen molar-refractivity contribution in [3.8, 4) is 5.75 Å². The van der Waals surface area contributed by atoms with E-state index >= 15 is 0 Å². The van der Waals surface area contributed by atoms with Gasteiger partial charge in [-0.15, -0.1) is 0 Å². The van der Waals surface area contributed by atoms with Crippen LogP contribution in [0.2, 0.25) is 0 Å². The molecule has 106 valence electrons. The third-order valence-electron chi connectivity index (χ3n) is 3.37. The Kier molecular flexibility index (Phi) is 5.13. The number of rotatable bonds is 6. The van der Waals surface area contributed by atoms with Crippen LogP contribution in [0.15, 0.2) is 42.7 Å². The Balaban J connectivity index is 2.18. The Bertz CT molecular complexity index is 537. The van der Waals surface area contributed by atoms with Gasteiger partial charge in [0.1, 0.15) is 5.75 Å². The van der Waals surface area contributed by atoms with E-state index in [1.54, 1.807) is 6.20 Å². The van der Waals surface area contributed by atoms with Crippen molar-refractivity contribution < 1.29 is 4.74 Å². The van der Waals surface area contributed by atoms with Gasteiger partial charge in [-0.1, -0.05) is 26.0 Å². The maximum Gasteiger partial charge on any atom is 0.119 e. The summed E-state index contributed by atoms with van der Waals surface area (Å²) in [6.45, 7) is 4.96. The number of benzene rings is 1. The second-order valence-corrected chi connectivity index (χ2v) is 4.82. The number of hydrogen-bond donors (Lipinski definition) is 1. The molecule has 0 bridgehead atoms. The zero-order valence-electron chi connectivity index (χ0n) is 12.2. The van der Waals surface area contributed by atoms with Crippen molar-refractivity contribution in [2.45, 2.75) is 32.7 Å². The molecule has 0 radical (unpaired) electrons. The molecule has 20 heavy (non-hydrogen) atoms. The van der Waals surface area contributed by atoms with Crippen LogP contribution >= 0.6 is 0 Å². The van der Waals surface area contributed by atoms with Crippen LogP contribution in [-0.2, 0) is 6.42 Å². The summed E-state index contributed by atoms with van der Waals surface area (Å²) < 4.78 is 5.59. The SMILES string of the molecule is CCCOc1ccc(C(N)c2ccncc2CC)cc1. The van der Waals surface area contributed by atoms with Crippen molar-refractivity contribution in [2.24, 2.45) is 5.73 Å². The van der Waals surface area contributed by atoms with E-state index in [-0.39, 0.29) is 6.04 Å². The third-order valence-corrected chi connectivity index (χ3v) is 3.37. The maximum absolute atomic E-state index is 6.37. The van der Waals surface area contributed by atoms with Crippen LogP contribution in [-0.4, -0.2) is 11.6 Å². The predicted molar refractivity (Wildman–Crippen MR) is 81.9 cm³/mol. The van der Waals surface area contributed by atoms with Gasteiger partial charge in [-0.2, -0.15) is 0 Å². The van der Waals surface area contributed by atoms with Crippen LogP contribution in [0.1, 0.15) is 43.0 Å². The molecule has 0 aliphatic heterocycles. The smallest absolute Gasteiger partial charge is 0.119 e. The highest BCUT2D eigenvalue weighted by Gasteiger charge is 2.12. The van der Waals surface area contributed by atoms with Crippen LogP contribution in [0.4, 0.5) is 0 Å². The number of nitrogens with two attached hydrogens (primary N) is 1. The average molecular weight is 270 g/mol. The number of hydrogen-bond acceptors (Lipinski definition) is 3. The summed E-state index contributed by atoms with van der Waals surface area (Å²) in [5, 5.41) is 0. The normalized spacial score (nSPS) is 12.2. The van der Waals surface area contributed by atoms with Gasteiger partial charge in [0.25, 0.3) is 0 Å². The van der Waals surface area contributed by atoms with Crippen molar-refractivity contribution >= 4 is 0 Å². The van der Waals surface area contributed by atoms with Gasteiger partial charge in [-0.05, 0) is 47.7 Å². The van der Waals surface area contributed by atoms with E-state index < -0.39 is 0 Å². The zero-order chi connectivity index (χ0) is 14.4. The lowest BCUT2D eigenvalue weighted by molar-refractivity contribution is 0.317. The van der Waals surface area contributed by atoms with Crippen LogP contribution in [0.25, 0.3) is 0 Å². The molecule has 0 aliphatic carbocycles. The van der Waals surface area contributed by atoms with Crippen LogP contribution in [0.3, 0.4) is 0 Å². The molecule has 0 fully saturated rings. The molecular weight excluding hydrogens is 248 g/mol. The molecule has 0 saturated carbocycles. The lowest BCUT2D eigenvalue weighted by atomic mass is 9.95. The van der Waals surface area contributed by atoms with Crippen LogP contribution in [0.5, 0.6) is 5.75 Å². The molecule has 3 heteroatoms. The zero-order valence-corrected chi connectivity index (χ0v) is 12.2. The van der Waals surface area contributed by atoms with Crippen molar-refractivity contribution in [3.63, 3.8) is 0 Å². The van der Waals surface area contributed by atoms with E-state index in [1.807, 2.05) is 36.5 Å². The molecular formula is C17H22N2O. The van der Waals surface area contributed by atoms with Gasteiger partial charge in [0.2, 0.25) is 0 Å². The van der Waals surface area contributed by atoms with Gasteiger partial charge in [-0.3, -0.25) is 4.98 Å². The first-order chi connectivity index (χ1) is 9.76. The van der Waals surface area contributed by atoms with Crippen molar-refractivity contribution in [1.29, 1.82) is 0 Å². The summed E-state index contributed by atoms with van der Waals surface area (Å²) >= 11 is 0. The van der Waals surface area contributed by atoms with Gasteiger partial charge in [0.15, 0.2) is 0 Å². The van der Waals surface area contributed by atoms with Gasteiger partial charge in [-0.25, -0.2) is 0 Å². The fourth-order valence-corrected chi connectivity index (χ4v) is 2.21.